The van der Waals surface area contributed by atoms with Gasteiger partial charge in [0.05, 0.1) is 5.69 Å². The summed E-state index contributed by atoms with van der Waals surface area (Å²) in [5.74, 6) is 0.705. The van der Waals surface area contributed by atoms with Crippen molar-refractivity contribution >= 4 is 28.9 Å². The van der Waals surface area contributed by atoms with Crippen LogP contribution in [0.15, 0.2) is 53.5 Å². The fourth-order valence-corrected chi connectivity index (χ4v) is 3.26. The molecule has 0 aromatic heterocycles. The molecule has 1 fully saturated rings. The van der Waals surface area contributed by atoms with Crippen molar-refractivity contribution in [2.24, 2.45) is 4.99 Å². The van der Waals surface area contributed by atoms with Crippen LogP contribution in [0.25, 0.3) is 0 Å². The molecule has 0 aliphatic carbocycles. The van der Waals surface area contributed by atoms with Crippen molar-refractivity contribution in [2.75, 3.05) is 24.9 Å². The zero-order chi connectivity index (χ0) is 19.9. The molecule has 0 spiro atoms. The number of guanidine groups is 1. The second kappa shape index (κ2) is 9.78. The summed E-state index contributed by atoms with van der Waals surface area (Å²) in [5, 5.41) is 3.89. The monoisotopic (exact) mass is 402 g/mol. The van der Waals surface area contributed by atoms with E-state index in [2.05, 4.69) is 43.1 Å². The van der Waals surface area contributed by atoms with Crippen molar-refractivity contribution in [1.29, 1.82) is 0 Å². The van der Waals surface area contributed by atoms with E-state index in [1.807, 2.05) is 41.3 Å². The molecular weight excluding hydrogens is 376 g/mol. The van der Waals surface area contributed by atoms with E-state index in [9.17, 15) is 0 Å². The van der Waals surface area contributed by atoms with Gasteiger partial charge in [-0.15, -0.1) is 0 Å². The molecule has 2 aromatic carbocycles. The summed E-state index contributed by atoms with van der Waals surface area (Å²) in [6, 6.07) is 16.5. The molecule has 0 radical (unpaired) electrons. The number of nitrogens with one attached hydrogen (secondary N) is 1. The molecule has 0 atom stereocenters. The Kier molecular flexibility index (Phi) is 7.14. The summed E-state index contributed by atoms with van der Waals surface area (Å²) in [6.07, 6.45) is 0. The van der Waals surface area contributed by atoms with Crippen LogP contribution >= 0.6 is 11.6 Å². The largest absolute Gasteiger partial charge is 0.369 e. The molecule has 1 aliphatic heterocycles. The summed E-state index contributed by atoms with van der Waals surface area (Å²) in [4.78, 5) is 19.4. The molecule has 1 N–H and O–H groups in total. The molecule has 150 valence electrons. The highest BCUT2D eigenvalue weighted by atomic mass is 35.5. The van der Waals surface area contributed by atoms with E-state index in [-0.39, 0.29) is 13.5 Å². The summed E-state index contributed by atoms with van der Waals surface area (Å²) in [5.41, 5.74) is 3.17. The average molecular weight is 403 g/mol. The van der Waals surface area contributed by atoms with Crippen LogP contribution in [0.3, 0.4) is 0 Å². The van der Waals surface area contributed by atoms with Crippen LogP contribution in [0.4, 0.5) is 11.4 Å². The number of aliphatic imine (C=N–C) groups is 1. The van der Waals surface area contributed by atoms with E-state index in [0.29, 0.717) is 23.6 Å². The van der Waals surface area contributed by atoms with Crippen LogP contribution in [0.5, 0.6) is 0 Å². The van der Waals surface area contributed by atoms with E-state index in [1.54, 1.807) is 0 Å². The fraction of sp³-hybridized carbons (Fsp3) is 0.381. The SMILES string of the molecule is CCN(c1ccc(/N=C2\NCOOCN2Cc2ccc(Cl)cc2)cc1)C(C)C. The number of hydrogen-bond acceptors (Lipinski definition) is 4. The molecule has 28 heavy (non-hydrogen) atoms. The Morgan fingerprint density at radius 2 is 1.82 bits per heavy atom. The molecule has 0 bridgehead atoms. The van der Waals surface area contributed by atoms with Gasteiger partial charge in [-0.05, 0) is 62.7 Å². The molecule has 2 aromatic rings. The fourth-order valence-electron chi connectivity index (χ4n) is 3.14. The van der Waals surface area contributed by atoms with Crippen LogP contribution in [0.1, 0.15) is 26.3 Å². The molecule has 7 heteroatoms. The van der Waals surface area contributed by atoms with Crippen LogP contribution in [-0.2, 0) is 16.3 Å². The van der Waals surface area contributed by atoms with E-state index in [0.717, 1.165) is 17.8 Å². The van der Waals surface area contributed by atoms with Crippen molar-refractivity contribution in [3.05, 3.63) is 59.1 Å². The van der Waals surface area contributed by atoms with E-state index >= 15 is 0 Å². The van der Waals surface area contributed by atoms with Crippen molar-refractivity contribution in [3.8, 4) is 0 Å². The minimum Gasteiger partial charge on any atom is -0.369 e. The number of rotatable bonds is 6. The van der Waals surface area contributed by atoms with Crippen molar-refractivity contribution in [2.45, 2.75) is 33.4 Å². The van der Waals surface area contributed by atoms with E-state index < -0.39 is 0 Å². The molecule has 1 heterocycles. The van der Waals surface area contributed by atoms with Crippen LogP contribution in [-0.4, -0.2) is 36.9 Å². The Balaban J connectivity index is 1.79. The Labute approximate surface area is 171 Å². The smallest absolute Gasteiger partial charge is 0.203 e. The van der Waals surface area contributed by atoms with Crippen molar-refractivity contribution in [1.82, 2.24) is 10.2 Å². The molecule has 1 aliphatic rings. The molecule has 6 nitrogen and oxygen atoms in total. The van der Waals surface area contributed by atoms with Gasteiger partial charge in [0.15, 0.2) is 13.5 Å². The van der Waals surface area contributed by atoms with Crippen molar-refractivity contribution in [3.63, 3.8) is 0 Å². The zero-order valence-electron chi connectivity index (χ0n) is 16.6. The first-order chi connectivity index (χ1) is 13.6. The van der Waals surface area contributed by atoms with Gasteiger partial charge in [0, 0.05) is 29.8 Å². The van der Waals surface area contributed by atoms with Crippen LogP contribution in [0.2, 0.25) is 5.02 Å². The van der Waals surface area contributed by atoms with Crippen LogP contribution < -0.4 is 10.2 Å². The maximum Gasteiger partial charge on any atom is 0.203 e. The number of nitrogens with zero attached hydrogens (tertiary/aromatic N) is 3. The predicted octanol–water partition coefficient (Wildman–Crippen LogP) is 4.53. The van der Waals surface area contributed by atoms with Gasteiger partial charge in [-0.3, -0.25) is 0 Å². The quantitative estimate of drug-likeness (QED) is 0.719. The lowest BCUT2D eigenvalue weighted by atomic mass is 10.2. The number of benzene rings is 2. The first-order valence-corrected chi connectivity index (χ1v) is 9.87. The van der Waals surface area contributed by atoms with Gasteiger partial charge >= 0.3 is 0 Å². The van der Waals surface area contributed by atoms with Gasteiger partial charge < -0.3 is 15.1 Å². The number of hydrogen-bond donors (Lipinski definition) is 1. The third kappa shape index (κ3) is 5.38. The third-order valence-electron chi connectivity index (χ3n) is 4.55. The van der Waals surface area contributed by atoms with Gasteiger partial charge in [0.2, 0.25) is 5.96 Å². The minimum atomic E-state index is 0.241. The molecule has 3 rings (SSSR count). The predicted molar refractivity (Wildman–Crippen MR) is 114 cm³/mol. The minimum absolute atomic E-state index is 0.241. The zero-order valence-corrected chi connectivity index (χ0v) is 17.3. The second-order valence-electron chi connectivity index (χ2n) is 6.84. The highest BCUT2D eigenvalue weighted by molar-refractivity contribution is 6.30. The van der Waals surface area contributed by atoms with E-state index in [1.165, 1.54) is 5.69 Å². The molecule has 0 amide bonds. The standard InChI is InChI=1S/C21H27ClN4O2/c1-4-26(16(2)3)20-11-9-19(10-12-20)24-21-23-14-27-28-15-25(21)13-17-5-7-18(22)8-6-17/h5-12,16H,4,13-15H2,1-3H3,(H,23,24). The summed E-state index contributed by atoms with van der Waals surface area (Å²) < 4.78 is 0. The number of halogens is 1. The Morgan fingerprint density at radius 1 is 1.11 bits per heavy atom. The van der Waals surface area contributed by atoms with Gasteiger partial charge in [-0.25, -0.2) is 14.8 Å². The number of anilines is 1. The first-order valence-electron chi connectivity index (χ1n) is 9.50. The normalized spacial score (nSPS) is 16.2. The Bertz CT molecular complexity index is 778. The van der Waals surface area contributed by atoms with Crippen LogP contribution in [0, 0.1) is 0 Å². The first kappa shape index (κ1) is 20.5. The summed E-state index contributed by atoms with van der Waals surface area (Å²) in [6.45, 7) is 8.67. The molecule has 0 unspecified atom stereocenters. The van der Waals surface area contributed by atoms with Gasteiger partial charge in [-0.1, -0.05) is 23.7 Å². The average Bonchev–Trinajstić information content (AvgIpc) is 2.90. The van der Waals surface area contributed by atoms with Gasteiger partial charge in [0.25, 0.3) is 0 Å². The summed E-state index contributed by atoms with van der Waals surface area (Å²) in [7, 11) is 0. The molecule has 0 saturated carbocycles. The van der Waals surface area contributed by atoms with Gasteiger partial charge in [0.1, 0.15) is 0 Å². The lowest BCUT2D eigenvalue weighted by Crippen LogP contribution is -2.39. The lowest BCUT2D eigenvalue weighted by molar-refractivity contribution is -0.305. The Morgan fingerprint density at radius 3 is 2.46 bits per heavy atom. The highest BCUT2D eigenvalue weighted by Crippen LogP contribution is 2.22. The Hall–Kier alpha value is -2.28. The molecular formula is C21H27ClN4O2. The topological polar surface area (TPSA) is 49.3 Å². The van der Waals surface area contributed by atoms with Crippen molar-refractivity contribution < 1.29 is 9.78 Å². The van der Waals surface area contributed by atoms with Gasteiger partial charge in [-0.2, -0.15) is 0 Å². The third-order valence-corrected chi connectivity index (χ3v) is 4.80. The second-order valence-corrected chi connectivity index (χ2v) is 7.28. The maximum atomic E-state index is 5.98. The highest BCUT2D eigenvalue weighted by Gasteiger charge is 2.16. The summed E-state index contributed by atoms with van der Waals surface area (Å²) >= 11 is 5.98. The molecule has 1 saturated heterocycles. The maximum absolute atomic E-state index is 5.98. The lowest BCUT2D eigenvalue weighted by Gasteiger charge is -2.27. The van der Waals surface area contributed by atoms with E-state index in [4.69, 9.17) is 26.4 Å².